The molecular formula is C10H18N2O3. The Morgan fingerprint density at radius 3 is 2.47 bits per heavy atom. The van der Waals surface area contributed by atoms with E-state index < -0.39 is 0 Å². The summed E-state index contributed by atoms with van der Waals surface area (Å²) in [7, 11) is 0. The Hall–Kier alpha value is -0.940. The predicted molar refractivity (Wildman–Crippen MR) is 55.0 cm³/mol. The second-order valence-corrected chi connectivity index (χ2v) is 3.68. The van der Waals surface area contributed by atoms with Crippen molar-refractivity contribution < 1.29 is 14.3 Å². The normalized spacial score (nSPS) is 17.5. The Bertz CT molecular complexity index is 237. The van der Waals surface area contributed by atoms with E-state index in [0.29, 0.717) is 39.1 Å². The average molecular weight is 214 g/mol. The van der Waals surface area contributed by atoms with Crippen LogP contribution >= 0.6 is 0 Å². The van der Waals surface area contributed by atoms with Gasteiger partial charge in [-0.2, -0.15) is 0 Å². The first-order valence-corrected chi connectivity index (χ1v) is 5.26. The number of hydrogen-bond acceptors (Lipinski definition) is 4. The van der Waals surface area contributed by atoms with Crippen LogP contribution in [0.25, 0.3) is 0 Å². The molecule has 0 atom stereocenters. The summed E-state index contributed by atoms with van der Waals surface area (Å²) >= 11 is 0. The van der Waals surface area contributed by atoms with Crippen LogP contribution in [-0.4, -0.2) is 43.0 Å². The number of nitrogens with two attached hydrogens (primary N) is 1. The van der Waals surface area contributed by atoms with E-state index >= 15 is 0 Å². The molecule has 0 aromatic carbocycles. The zero-order valence-corrected chi connectivity index (χ0v) is 9.07. The van der Waals surface area contributed by atoms with Crippen LogP contribution in [0.15, 0.2) is 0 Å². The van der Waals surface area contributed by atoms with Gasteiger partial charge >= 0.3 is 0 Å². The van der Waals surface area contributed by atoms with Crippen LogP contribution in [0.4, 0.5) is 0 Å². The molecule has 5 heteroatoms. The van der Waals surface area contributed by atoms with Crippen molar-refractivity contribution in [1.29, 1.82) is 0 Å². The van der Waals surface area contributed by atoms with E-state index in [4.69, 9.17) is 10.5 Å². The van der Waals surface area contributed by atoms with Gasteiger partial charge in [-0.15, -0.1) is 0 Å². The lowest BCUT2D eigenvalue weighted by Gasteiger charge is -2.26. The molecule has 1 saturated heterocycles. The highest BCUT2D eigenvalue weighted by atomic mass is 16.5. The fourth-order valence-corrected chi connectivity index (χ4v) is 1.72. The van der Waals surface area contributed by atoms with E-state index in [-0.39, 0.29) is 17.7 Å². The van der Waals surface area contributed by atoms with Gasteiger partial charge in [0.2, 0.25) is 11.8 Å². The summed E-state index contributed by atoms with van der Waals surface area (Å²) in [4.78, 5) is 24.4. The van der Waals surface area contributed by atoms with E-state index in [1.54, 1.807) is 0 Å². The van der Waals surface area contributed by atoms with Gasteiger partial charge < -0.3 is 10.5 Å². The van der Waals surface area contributed by atoms with Gasteiger partial charge in [0.15, 0.2) is 0 Å². The monoisotopic (exact) mass is 214 g/mol. The van der Waals surface area contributed by atoms with Crippen molar-refractivity contribution in [3.63, 3.8) is 0 Å². The molecule has 0 unspecified atom stereocenters. The lowest BCUT2D eigenvalue weighted by atomic mass is 9.98. The summed E-state index contributed by atoms with van der Waals surface area (Å²) in [5, 5.41) is 0. The van der Waals surface area contributed by atoms with Crippen molar-refractivity contribution >= 4 is 11.8 Å². The molecule has 15 heavy (non-hydrogen) atoms. The number of carbonyl (C=O) groups excluding carboxylic acids is 2. The van der Waals surface area contributed by atoms with Crippen molar-refractivity contribution in [1.82, 2.24) is 4.90 Å². The molecule has 2 amide bonds. The van der Waals surface area contributed by atoms with E-state index in [1.807, 2.05) is 0 Å². The zero-order chi connectivity index (χ0) is 11.3. The summed E-state index contributed by atoms with van der Waals surface area (Å²) in [6.07, 6.45) is 1.40. The maximum Gasteiger partial charge on any atom is 0.232 e. The van der Waals surface area contributed by atoms with Crippen molar-refractivity contribution in [2.45, 2.75) is 19.8 Å². The number of ether oxygens (including phenoxy) is 1. The van der Waals surface area contributed by atoms with Crippen molar-refractivity contribution in [3.8, 4) is 0 Å². The quantitative estimate of drug-likeness (QED) is 0.703. The summed E-state index contributed by atoms with van der Waals surface area (Å²) in [6.45, 7) is 3.22. The molecule has 0 saturated carbocycles. The van der Waals surface area contributed by atoms with Gasteiger partial charge in [-0.1, -0.05) is 0 Å². The lowest BCUT2D eigenvalue weighted by molar-refractivity contribution is -0.148. The number of rotatable bonds is 3. The smallest absolute Gasteiger partial charge is 0.232 e. The first kappa shape index (κ1) is 12.1. The number of amides is 2. The molecule has 2 N–H and O–H groups in total. The summed E-state index contributed by atoms with van der Waals surface area (Å²) in [5.74, 6) is -0.401. The Labute approximate surface area is 89.6 Å². The van der Waals surface area contributed by atoms with Gasteiger partial charge in [-0.25, -0.2) is 0 Å². The molecule has 86 valence electrons. The van der Waals surface area contributed by atoms with E-state index in [1.165, 1.54) is 11.8 Å². The third kappa shape index (κ3) is 3.28. The third-order valence-corrected chi connectivity index (χ3v) is 2.57. The topological polar surface area (TPSA) is 72.6 Å². The SMILES string of the molecule is CC(=O)N(CCN)C(=O)C1CCOCC1. The molecule has 0 spiro atoms. The summed E-state index contributed by atoms with van der Waals surface area (Å²) in [6, 6.07) is 0. The van der Waals surface area contributed by atoms with Gasteiger partial charge in [0.05, 0.1) is 0 Å². The molecule has 0 aromatic heterocycles. The number of imide groups is 1. The molecule has 1 fully saturated rings. The summed E-state index contributed by atoms with van der Waals surface area (Å²) < 4.78 is 5.17. The highest BCUT2D eigenvalue weighted by molar-refractivity contribution is 5.95. The first-order valence-electron chi connectivity index (χ1n) is 5.26. The maximum atomic E-state index is 11.9. The Morgan fingerprint density at radius 2 is 2.00 bits per heavy atom. The Morgan fingerprint density at radius 1 is 1.40 bits per heavy atom. The molecule has 1 aliphatic rings. The van der Waals surface area contributed by atoms with Crippen molar-refractivity contribution in [2.24, 2.45) is 11.7 Å². The number of carbonyl (C=O) groups is 2. The van der Waals surface area contributed by atoms with E-state index in [2.05, 4.69) is 0 Å². The third-order valence-electron chi connectivity index (χ3n) is 2.57. The first-order chi connectivity index (χ1) is 7.16. The number of hydrogen-bond donors (Lipinski definition) is 1. The minimum atomic E-state index is -0.225. The fourth-order valence-electron chi connectivity index (χ4n) is 1.72. The maximum absolute atomic E-state index is 11.9. The lowest BCUT2D eigenvalue weighted by Crippen LogP contribution is -2.43. The van der Waals surface area contributed by atoms with Gasteiger partial charge in [-0.3, -0.25) is 14.5 Å². The van der Waals surface area contributed by atoms with Crippen LogP contribution in [-0.2, 0) is 14.3 Å². The van der Waals surface area contributed by atoms with E-state index in [0.717, 1.165) is 0 Å². The fraction of sp³-hybridized carbons (Fsp3) is 0.800. The Balaban J connectivity index is 2.57. The summed E-state index contributed by atoms with van der Waals surface area (Å²) in [5.41, 5.74) is 5.36. The highest BCUT2D eigenvalue weighted by Gasteiger charge is 2.27. The van der Waals surface area contributed by atoms with Crippen LogP contribution in [0.3, 0.4) is 0 Å². The van der Waals surface area contributed by atoms with Crippen LogP contribution in [0, 0.1) is 5.92 Å². The largest absolute Gasteiger partial charge is 0.381 e. The van der Waals surface area contributed by atoms with Gasteiger partial charge in [0.25, 0.3) is 0 Å². The van der Waals surface area contributed by atoms with Gasteiger partial charge in [-0.05, 0) is 12.8 Å². The second kappa shape index (κ2) is 5.82. The Kier molecular flexibility index (Phi) is 4.71. The minimum absolute atomic E-state index is 0.0748. The van der Waals surface area contributed by atoms with Crippen LogP contribution in [0.2, 0.25) is 0 Å². The minimum Gasteiger partial charge on any atom is -0.381 e. The van der Waals surface area contributed by atoms with Crippen molar-refractivity contribution in [3.05, 3.63) is 0 Å². The highest BCUT2D eigenvalue weighted by Crippen LogP contribution is 2.17. The van der Waals surface area contributed by atoms with Gasteiger partial charge in [0, 0.05) is 39.1 Å². The molecule has 1 rings (SSSR count). The molecule has 0 bridgehead atoms. The number of nitrogens with zero attached hydrogens (tertiary/aromatic N) is 1. The molecule has 1 aliphatic heterocycles. The predicted octanol–water partition coefficient (Wildman–Crippen LogP) is -0.253. The molecule has 0 radical (unpaired) electrons. The molecule has 0 aliphatic carbocycles. The second-order valence-electron chi connectivity index (χ2n) is 3.68. The van der Waals surface area contributed by atoms with Crippen LogP contribution < -0.4 is 5.73 Å². The van der Waals surface area contributed by atoms with Crippen LogP contribution in [0.1, 0.15) is 19.8 Å². The van der Waals surface area contributed by atoms with Crippen LogP contribution in [0.5, 0.6) is 0 Å². The molecule has 5 nitrogen and oxygen atoms in total. The average Bonchev–Trinajstić information content (AvgIpc) is 2.26. The molecule has 0 aromatic rings. The van der Waals surface area contributed by atoms with Crippen molar-refractivity contribution in [2.75, 3.05) is 26.3 Å². The standard InChI is InChI=1S/C10H18N2O3/c1-8(13)12(5-4-11)10(14)9-2-6-15-7-3-9/h9H,2-7,11H2,1H3. The molecular weight excluding hydrogens is 196 g/mol. The molecule has 1 heterocycles. The van der Waals surface area contributed by atoms with E-state index in [9.17, 15) is 9.59 Å². The zero-order valence-electron chi connectivity index (χ0n) is 9.07. The van der Waals surface area contributed by atoms with Gasteiger partial charge in [0.1, 0.15) is 0 Å².